The third-order valence-corrected chi connectivity index (χ3v) is 7.67. The van der Waals surface area contributed by atoms with Crippen molar-refractivity contribution in [3.63, 3.8) is 0 Å². The van der Waals surface area contributed by atoms with Crippen LogP contribution in [0.3, 0.4) is 0 Å². The van der Waals surface area contributed by atoms with E-state index in [-0.39, 0.29) is 29.6 Å². The lowest BCUT2D eigenvalue weighted by molar-refractivity contribution is 0.0243. The second-order valence-electron chi connectivity index (χ2n) is 8.44. The Hall–Kier alpha value is -0.910. The van der Waals surface area contributed by atoms with Gasteiger partial charge in [-0.25, -0.2) is 8.42 Å². The molecule has 0 amide bonds. The highest BCUT2D eigenvalue weighted by atomic mass is 127. The molecule has 2 saturated heterocycles. The van der Waals surface area contributed by atoms with Gasteiger partial charge in [0, 0.05) is 39.8 Å². The van der Waals surface area contributed by atoms with Crippen LogP contribution in [0, 0.1) is 5.92 Å². The van der Waals surface area contributed by atoms with Crippen LogP contribution >= 0.6 is 24.0 Å². The Morgan fingerprint density at radius 2 is 2.00 bits per heavy atom. The topological polar surface area (TPSA) is 83.0 Å². The summed E-state index contributed by atoms with van der Waals surface area (Å²) in [4.78, 5) is 4.62. The maximum Gasteiger partial charge on any atom is 0.243 e. The molecule has 0 aliphatic carbocycles. The smallest absolute Gasteiger partial charge is 0.243 e. The molecule has 1 aromatic carbocycles. The summed E-state index contributed by atoms with van der Waals surface area (Å²) in [6.07, 6.45) is 4.16. The Labute approximate surface area is 198 Å². The summed E-state index contributed by atoms with van der Waals surface area (Å²) in [7, 11) is -1.67. The van der Waals surface area contributed by atoms with Crippen LogP contribution in [0.5, 0.6) is 0 Å². The number of sulfonamides is 1. The highest BCUT2D eigenvalue weighted by Crippen LogP contribution is 2.24. The zero-order valence-corrected chi connectivity index (χ0v) is 21.3. The molecule has 0 radical (unpaired) electrons. The average molecular weight is 551 g/mol. The largest absolute Gasteiger partial charge is 0.373 e. The molecule has 3 rings (SSSR count). The monoisotopic (exact) mass is 550 g/mol. The predicted molar refractivity (Wildman–Crippen MR) is 131 cm³/mol. The van der Waals surface area contributed by atoms with Crippen LogP contribution in [0.25, 0.3) is 0 Å². The number of nitrogens with one attached hydrogen (secondary N) is 2. The average Bonchev–Trinajstić information content (AvgIpc) is 3.15. The summed E-state index contributed by atoms with van der Waals surface area (Å²) < 4.78 is 33.1. The fraction of sp³-hybridized carbons (Fsp3) is 0.667. The normalized spacial score (nSPS) is 25.6. The minimum Gasteiger partial charge on any atom is -0.373 e. The van der Waals surface area contributed by atoms with E-state index in [2.05, 4.69) is 29.5 Å². The van der Waals surface area contributed by atoms with Crippen molar-refractivity contribution >= 4 is 40.0 Å². The van der Waals surface area contributed by atoms with Crippen molar-refractivity contribution in [2.75, 3.05) is 33.3 Å². The Balaban J connectivity index is 0.00000320. The zero-order valence-electron chi connectivity index (χ0n) is 18.2. The number of ether oxygens (including phenoxy) is 1. The van der Waals surface area contributed by atoms with Crippen LogP contribution in [0.1, 0.15) is 45.1 Å². The van der Waals surface area contributed by atoms with Crippen molar-refractivity contribution in [2.24, 2.45) is 10.9 Å². The maximum atomic E-state index is 12.9. The summed E-state index contributed by atoms with van der Waals surface area (Å²) >= 11 is 0. The lowest BCUT2D eigenvalue weighted by atomic mass is 10.0. The molecular formula is C21H35IN4O3S. The minimum absolute atomic E-state index is 0. The molecule has 0 spiro atoms. The van der Waals surface area contributed by atoms with Gasteiger partial charge in [-0.3, -0.25) is 4.99 Å². The molecule has 2 aliphatic heterocycles. The third-order valence-electron chi connectivity index (χ3n) is 5.79. The van der Waals surface area contributed by atoms with Gasteiger partial charge in [0.2, 0.25) is 10.0 Å². The molecule has 170 valence electrons. The first-order valence-electron chi connectivity index (χ1n) is 10.5. The molecule has 2 heterocycles. The van der Waals surface area contributed by atoms with Crippen molar-refractivity contribution in [1.29, 1.82) is 0 Å². The third kappa shape index (κ3) is 6.54. The number of hydrogen-bond acceptors (Lipinski definition) is 4. The van der Waals surface area contributed by atoms with E-state index in [9.17, 15) is 8.42 Å². The molecule has 0 bridgehead atoms. The highest BCUT2D eigenvalue weighted by molar-refractivity contribution is 14.0. The van der Waals surface area contributed by atoms with Crippen LogP contribution in [0.4, 0.5) is 0 Å². The molecule has 0 saturated carbocycles. The molecule has 7 nitrogen and oxygen atoms in total. The number of piperidine rings is 1. The Bertz CT molecular complexity index is 808. The second-order valence-corrected chi connectivity index (χ2v) is 10.4. The molecule has 30 heavy (non-hydrogen) atoms. The molecule has 2 fully saturated rings. The van der Waals surface area contributed by atoms with Gasteiger partial charge < -0.3 is 15.4 Å². The number of halogens is 1. The second kappa shape index (κ2) is 11.1. The molecule has 0 aromatic heterocycles. The highest BCUT2D eigenvalue weighted by Gasteiger charge is 2.30. The maximum absolute atomic E-state index is 12.9. The molecular weight excluding hydrogens is 515 g/mol. The molecule has 2 unspecified atom stereocenters. The van der Waals surface area contributed by atoms with Gasteiger partial charge in [0.1, 0.15) is 0 Å². The van der Waals surface area contributed by atoms with Crippen LogP contribution in [-0.2, 0) is 21.3 Å². The van der Waals surface area contributed by atoms with E-state index in [1.54, 1.807) is 23.5 Å². The van der Waals surface area contributed by atoms with Crippen LogP contribution in [-0.4, -0.2) is 57.6 Å². The lowest BCUT2D eigenvalue weighted by Crippen LogP contribution is -2.45. The van der Waals surface area contributed by atoms with Crippen LogP contribution < -0.4 is 10.6 Å². The summed E-state index contributed by atoms with van der Waals surface area (Å²) in [6.45, 7) is 7.53. The molecule has 2 aliphatic rings. The molecule has 1 aromatic rings. The van der Waals surface area contributed by atoms with E-state index >= 15 is 0 Å². The lowest BCUT2D eigenvalue weighted by Gasteiger charge is -2.30. The molecule has 9 heteroatoms. The molecule has 2 atom stereocenters. The zero-order chi connectivity index (χ0) is 20.9. The van der Waals surface area contributed by atoms with E-state index in [4.69, 9.17) is 4.74 Å². The molecule has 2 N–H and O–H groups in total. The number of guanidine groups is 1. The van der Waals surface area contributed by atoms with Crippen LogP contribution in [0.15, 0.2) is 34.2 Å². The first kappa shape index (κ1) is 25.4. The fourth-order valence-corrected chi connectivity index (χ4v) is 5.54. The van der Waals surface area contributed by atoms with E-state index in [0.29, 0.717) is 43.0 Å². The van der Waals surface area contributed by atoms with E-state index in [0.717, 1.165) is 37.9 Å². The number of hydrogen-bond donors (Lipinski definition) is 2. The van der Waals surface area contributed by atoms with Gasteiger partial charge >= 0.3 is 0 Å². The van der Waals surface area contributed by atoms with Gasteiger partial charge in [-0.15, -0.1) is 24.0 Å². The quantitative estimate of drug-likeness (QED) is 0.324. The Morgan fingerprint density at radius 1 is 1.27 bits per heavy atom. The Kier molecular flexibility index (Phi) is 9.38. The number of rotatable bonds is 6. The van der Waals surface area contributed by atoms with E-state index in [1.807, 2.05) is 12.1 Å². The van der Waals surface area contributed by atoms with Crippen molar-refractivity contribution in [3.05, 3.63) is 29.8 Å². The Morgan fingerprint density at radius 3 is 2.60 bits per heavy atom. The van der Waals surface area contributed by atoms with Crippen molar-refractivity contribution in [2.45, 2.75) is 56.6 Å². The summed E-state index contributed by atoms with van der Waals surface area (Å²) in [6, 6.07) is 7.13. The number of nitrogens with zero attached hydrogens (tertiary/aromatic N) is 2. The number of aliphatic imine (C=N–C) groups is 1. The van der Waals surface area contributed by atoms with Gasteiger partial charge in [0.15, 0.2) is 5.96 Å². The minimum atomic E-state index is -3.41. The van der Waals surface area contributed by atoms with Gasteiger partial charge in [-0.1, -0.05) is 19.1 Å². The standard InChI is InChI=1S/C21H34N4O3S.HI/c1-17-6-4-12-25(15-17)29(26,27)19-9-7-18(8-10-19)14-23-20(22-3)24-16-21(2)11-5-13-28-21;/h7-10,17H,4-6,11-16H2,1-3H3,(H2,22,23,24);1H. The summed E-state index contributed by atoms with van der Waals surface area (Å²) in [5.74, 6) is 1.12. The number of benzene rings is 1. The van der Waals surface area contributed by atoms with Gasteiger partial charge in [-0.05, 0) is 56.2 Å². The van der Waals surface area contributed by atoms with Gasteiger partial charge in [0.25, 0.3) is 0 Å². The summed E-state index contributed by atoms with van der Waals surface area (Å²) in [5, 5.41) is 6.59. The van der Waals surface area contributed by atoms with Crippen LogP contribution in [0.2, 0.25) is 0 Å². The van der Waals surface area contributed by atoms with Crippen molar-refractivity contribution in [3.8, 4) is 0 Å². The first-order chi connectivity index (χ1) is 13.8. The van der Waals surface area contributed by atoms with Crippen molar-refractivity contribution in [1.82, 2.24) is 14.9 Å². The van der Waals surface area contributed by atoms with Gasteiger partial charge in [-0.2, -0.15) is 4.31 Å². The SMILES string of the molecule is CN=C(NCc1ccc(S(=O)(=O)N2CCCC(C)C2)cc1)NCC1(C)CCCO1.I. The fourth-order valence-electron chi connectivity index (χ4n) is 3.95. The summed E-state index contributed by atoms with van der Waals surface area (Å²) in [5.41, 5.74) is 0.863. The van der Waals surface area contributed by atoms with E-state index < -0.39 is 10.0 Å². The predicted octanol–water partition coefficient (Wildman–Crippen LogP) is 2.96. The first-order valence-corrected chi connectivity index (χ1v) is 11.9. The van der Waals surface area contributed by atoms with Crippen molar-refractivity contribution < 1.29 is 13.2 Å². The van der Waals surface area contributed by atoms with E-state index in [1.165, 1.54) is 0 Å². The van der Waals surface area contributed by atoms with Gasteiger partial charge in [0.05, 0.1) is 10.5 Å².